The first-order chi connectivity index (χ1) is 14.0. The smallest absolute Gasteiger partial charge is 0.414 e. The second kappa shape index (κ2) is 7.66. The fourth-order valence-electron chi connectivity index (χ4n) is 2.92. The van der Waals surface area contributed by atoms with Gasteiger partial charge >= 0.3 is 6.09 Å². The third-order valence-electron chi connectivity index (χ3n) is 4.28. The number of anilines is 1. The Morgan fingerprint density at radius 2 is 2.24 bits per heavy atom. The van der Waals surface area contributed by atoms with Crippen molar-refractivity contribution in [1.82, 2.24) is 35.3 Å². The molecule has 29 heavy (non-hydrogen) atoms. The molecule has 0 aliphatic carbocycles. The number of aromatic nitrogens is 6. The highest BCUT2D eigenvalue weighted by atomic mass is 19.1. The molecule has 1 aliphatic heterocycles. The minimum atomic E-state index is -0.594. The van der Waals surface area contributed by atoms with E-state index in [4.69, 9.17) is 4.74 Å². The molecule has 1 aromatic carbocycles. The van der Waals surface area contributed by atoms with E-state index in [0.717, 1.165) is 0 Å². The lowest BCUT2D eigenvalue weighted by molar-refractivity contribution is -0.119. The molecule has 0 saturated carbocycles. The van der Waals surface area contributed by atoms with Crippen LogP contribution in [-0.4, -0.2) is 61.2 Å². The second-order valence-electron chi connectivity index (χ2n) is 6.44. The van der Waals surface area contributed by atoms with Crippen molar-refractivity contribution in [3.05, 3.63) is 48.3 Å². The molecule has 12 heteroatoms. The minimum Gasteiger partial charge on any atom is -0.442 e. The lowest BCUT2D eigenvalue weighted by Gasteiger charge is -2.14. The Hall–Kier alpha value is -3.83. The highest BCUT2D eigenvalue weighted by Crippen LogP contribution is 2.25. The molecule has 1 saturated heterocycles. The average molecular weight is 400 g/mol. The Kier molecular flexibility index (Phi) is 4.89. The largest absolute Gasteiger partial charge is 0.442 e. The topological polar surface area (TPSA) is 120 Å². The zero-order valence-electron chi connectivity index (χ0n) is 15.4. The molecular formula is C17H17FN8O3. The maximum absolute atomic E-state index is 14.7. The Morgan fingerprint density at radius 3 is 2.97 bits per heavy atom. The van der Waals surface area contributed by atoms with Crippen LogP contribution in [0, 0.1) is 5.82 Å². The molecule has 0 spiro atoms. The Morgan fingerprint density at radius 1 is 1.38 bits per heavy atom. The molecule has 0 radical (unpaired) electrons. The predicted octanol–water partition coefficient (Wildman–Crippen LogP) is 0.507. The number of ether oxygens (including phenoxy) is 1. The van der Waals surface area contributed by atoms with Gasteiger partial charge in [-0.2, -0.15) is 0 Å². The fraction of sp³-hybridized carbons (Fsp3) is 0.294. The molecule has 1 aliphatic rings. The van der Waals surface area contributed by atoms with E-state index in [1.54, 1.807) is 29.3 Å². The van der Waals surface area contributed by atoms with E-state index in [1.165, 1.54) is 28.6 Å². The van der Waals surface area contributed by atoms with Crippen LogP contribution in [0.25, 0.3) is 5.69 Å². The molecule has 2 amide bonds. The van der Waals surface area contributed by atoms with Crippen LogP contribution in [0.2, 0.25) is 0 Å². The first-order valence-corrected chi connectivity index (χ1v) is 8.77. The summed E-state index contributed by atoms with van der Waals surface area (Å²) in [6.45, 7) is 2.15. The van der Waals surface area contributed by atoms with Crippen LogP contribution >= 0.6 is 0 Å². The summed E-state index contributed by atoms with van der Waals surface area (Å²) >= 11 is 0. The number of carbonyl (C=O) groups is 2. The van der Waals surface area contributed by atoms with Gasteiger partial charge in [0.25, 0.3) is 0 Å². The fourth-order valence-corrected chi connectivity index (χ4v) is 2.92. The molecule has 0 bridgehead atoms. The van der Waals surface area contributed by atoms with E-state index in [1.807, 2.05) is 0 Å². The zero-order chi connectivity index (χ0) is 20.4. The highest BCUT2D eigenvalue weighted by molar-refractivity contribution is 5.90. The molecular weight excluding hydrogens is 383 g/mol. The van der Waals surface area contributed by atoms with Crippen molar-refractivity contribution in [3.63, 3.8) is 0 Å². The summed E-state index contributed by atoms with van der Waals surface area (Å²) in [4.78, 5) is 24.4. The Bertz CT molecular complexity index is 1040. The normalized spacial score (nSPS) is 16.1. The highest BCUT2D eigenvalue weighted by Gasteiger charge is 2.32. The summed E-state index contributed by atoms with van der Waals surface area (Å²) in [5, 5.41) is 18.1. The second-order valence-corrected chi connectivity index (χ2v) is 6.44. The molecule has 11 nitrogen and oxygen atoms in total. The average Bonchev–Trinajstić information content (AvgIpc) is 3.42. The van der Waals surface area contributed by atoms with Crippen LogP contribution in [-0.2, 0) is 16.1 Å². The summed E-state index contributed by atoms with van der Waals surface area (Å²) in [5.74, 6) is -0.788. The van der Waals surface area contributed by atoms with Crippen LogP contribution in [0.3, 0.4) is 0 Å². The first-order valence-electron chi connectivity index (χ1n) is 8.77. The first kappa shape index (κ1) is 18.5. The molecule has 2 aromatic heterocycles. The van der Waals surface area contributed by atoms with Gasteiger partial charge in [0, 0.05) is 13.1 Å². The molecule has 4 rings (SSSR count). The molecule has 3 aromatic rings. The maximum atomic E-state index is 14.7. The zero-order valence-corrected chi connectivity index (χ0v) is 15.4. The van der Waals surface area contributed by atoms with Gasteiger partial charge in [-0.3, -0.25) is 9.69 Å². The maximum Gasteiger partial charge on any atom is 0.414 e. The standard InChI is InChI=1S/C17H17FN8O3/c1-11(27)19-7-14-10-25(17(28)29-14)13-2-3-16(15(18)6-13)26-9-12(21-23-26)8-24-5-4-20-22-24/h2-6,9,14H,7-8,10H2,1H3,(H,19,27)/t14-/m0/s1. The number of rotatable bonds is 6. The summed E-state index contributed by atoms with van der Waals surface area (Å²) in [6, 6.07) is 4.34. The van der Waals surface area contributed by atoms with Crippen LogP contribution in [0.1, 0.15) is 12.6 Å². The van der Waals surface area contributed by atoms with Gasteiger partial charge < -0.3 is 10.1 Å². The van der Waals surface area contributed by atoms with Crippen LogP contribution in [0.15, 0.2) is 36.8 Å². The summed E-state index contributed by atoms with van der Waals surface area (Å²) in [6.07, 6.45) is 3.73. The number of hydrogen-bond donors (Lipinski definition) is 1. The van der Waals surface area contributed by atoms with Crippen molar-refractivity contribution in [2.45, 2.75) is 19.6 Å². The van der Waals surface area contributed by atoms with Crippen LogP contribution in [0.4, 0.5) is 14.9 Å². The molecule has 1 atom stereocenters. The van der Waals surface area contributed by atoms with Gasteiger partial charge in [-0.1, -0.05) is 10.4 Å². The lowest BCUT2D eigenvalue weighted by atomic mass is 10.2. The molecule has 3 heterocycles. The quantitative estimate of drug-likeness (QED) is 0.640. The summed E-state index contributed by atoms with van der Waals surface area (Å²) in [7, 11) is 0. The van der Waals surface area contributed by atoms with Gasteiger partial charge in [-0.05, 0) is 18.2 Å². The lowest BCUT2D eigenvalue weighted by Crippen LogP contribution is -2.33. The van der Waals surface area contributed by atoms with Gasteiger partial charge in [0.1, 0.15) is 17.5 Å². The third-order valence-corrected chi connectivity index (χ3v) is 4.28. The number of nitrogens with one attached hydrogen (secondary N) is 1. The van der Waals surface area contributed by atoms with Crippen molar-refractivity contribution >= 4 is 17.7 Å². The summed E-state index contributed by atoms with van der Waals surface area (Å²) in [5.41, 5.74) is 1.13. The molecule has 1 fully saturated rings. The van der Waals surface area contributed by atoms with Gasteiger partial charge in [0.05, 0.1) is 37.7 Å². The van der Waals surface area contributed by atoms with Gasteiger partial charge in [-0.25, -0.2) is 18.5 Å². The number of carbonyl (C=O) groups excluding carboxylic acids is 2. The van der Waals surface area contributed by atoms with Crippen molar-refractivity contribution in [2.75, 3.05) is 18.0 Å². The number of nitrogens with zero attached hydrogens (tertiary/aromatic N) is 7. The number of amides is 2. The van der Waals surface area contributed by atoms with Crippen LogP contribution in [0.5, 0.6) is 0 Å². The van der Waals surface area contributed by atoms with Crippen molar-refractivity contribution in [2.24, 2.45) is 0 Å². The van der Waals surface area contributed by atoms with E-state index in [-0.39, 0.29) is 24.7 Å². The van der Waals surface area contributed by atoms with E-state index in [9.17, 15) is 14.0 Å². The van der Waals surface area contributed by atoms with Crippen molar-refractivity contribution in [3.8, 4) is 5.69 Å². The Labute approximate surface area is 164 Å². The monoisotopic (exact) mass is 400 g/mol. The van der Waals surface area contributed by atoms with Crippen molar-refractivity contribution < 1.29 is 18.7 Å². The number of hydrogen-bond acceptors (Lipinski definition) is 7. The predicted molar refractivity (Wildman–Crippen MR) is 96.7 cm³/mol. The Balaban J connectivity index is 1.48. The summed E-state index contributed by atoms with van der Waals surface area (Å²) < 4.78 is 22.8. The van der Waals surface area contributed by atoms with E-state index in [2.05, 4.69) is 25.9 Å². The van der Waals surface area contributed by atoms with Gasteiger partial charge in [0.15, 0.2) is 5.82 Å². The molecule has 150 valence electrons. The van der Waals surface area contributed by atoms with Crippen LogP contribution < -0.4 is 10.2 Å². The van der Waals surface area contributed by atoms with E-state index in [0.29, 0.717) is 17.9 Å². The van der Waals surface area contributed by atoms with E-state index >= 15 is 0 Å². The van der Waals surface area contributed by atoms with Gasteiger partial charge in [-0.15, -0.1) is 10.2 Å². The minimum absolute atomic E-state index is 0.188. The van der Waals surface area contributed by atoms with Crippen molar-refractivity contribution in [1.29, 1.82) is 0 Å². The molecule has 0 unspecified atom stereocenters. The van der Waals surface area contributed by atoms with E-state index < -0.39 is 18.0 Å². The number of cyclic esters (lactones) is 1. The third kappa shape index (κ3) is 4.05. The molecule has 1 N–H and O–H groups in total. The number of halogens is 1. The SMILES string of the molecule is CC(=O)NC[C@H]1CN(c2ccc(-n3cc(Cn4ccnn4)nn3)c(F)c2)C(=O)O1. The number of benzene rings is 1. The van der Waals surface area contributed by atoms with Gasteiger partial charge in [0.2, 0.25) is 5.91 Å².